The molecular formula is C22H24N2O7S. The Kier molecular flexibility index (Phi) is 7.26. The number of ether oxygens (including phenoxy) is 2. The van der Waals surface area contributed by atoms with Gasteiger partial charge in [-0.05, 0) is 43.2 Å². The zero-order valence-electron chi connectivity index (χ0n) is 17.7. The van der Waals surface area contributed by atoms with Crippen molar-refractivity contribution in [3.05, 3.63) is 59.7 Å². The number of sulfonamides is 1. The molecule has 2 aromatic carbocycles. The van der Waals surface area contributed by atoms with Gasteiger partial charge in [-0.1, -0.05) is 18.2 Å². The number of rotatable bonds is 6. The number of amides is 1. The van der Waals surface area contributed by atoms with Crippen LogP contribution in [0.5, 0.6) is 0 Å². The molecule has 0 saturated carbocycles. The quantitative estimate of drug-likeness (QED) is 0.657. The van der Waals surface area contributed by atoms with Crippen LogP contribution in [0.4, 0.5) is 5.69 Å². The summed E-state index contributed by atoms with van der Waals surface area (Å²) < 4.78 is 36.6. The fourth-order valence-corrected chi connectivity index (χ4v) is 5.08. The molecule has 170 valence electrons. The third-order valence-corrected chi connectivity index (χ3v) is 7.12. The largest absolute Gasteiger partial charge is 0.465 e. The van der Waals surface area contributed by atoms with Crippen LogP contribution in [0, 0.1) is 5.92 Å². The molecule has 32 heavy (non-hydrogen) atoms. The third kappa shape index (κ3) is 4.97. The fourth-order valence-electron chi connectivity index (χ4n) is 3.53. The molecule has 9 nitrogen and oxygen atoms in total. The second kappa shape index (κ2) is 9.92. The highest BCUT2D eigenvalue weighted by Gasteiger charge is 2.33. The second-order valence-electron chi connectivity index (χ2n) is 7.25. The molecule has 0 aliphatic carbocycles. The maximum absolute atomic E-state index is 13.0. The van der Waals surface area contributed by atoms with Crippen molar-refractivity contribution in [3.8, 4) is 0 Å². The van der Waals surface area contributed by atoms with E-state index in [-0.39, 0.29) is 28.3 Å². The van der Waals surface area contributed by atoms with Gasteiger partial charge in [0.25, 0.3) is 0 Å². The Balaban J connectivity index is 1.82. The molecule has 3 rings (SSSR count). The standard InChI is InChI=1S/C22H24N2O7S/c1-30-21(26)15-10-11-18(22(27)31-2)19(13-15)23-20(25)16-7-6-12-24(14-16)32(28,29)17-8-4-3-5-9-17/h3-5,8-11,13,16H,6-7,12,14H2,1-2H3,(H,23,25)/t16-/m1/s1. The molecule has 0 aromatic heterocycles. The predicted octanol–water partition coefficient (Wildman–Crippen LogP) is 2.30. The van der Waals surface area contributed by atoms with Crippen molar-refractivity contribution in [1.29, 1.82) is 0 Å². The number of carbonyl (C=O) groups excluding carboxylic acids is 3. The van der Waals surface area contributed by atoms with Crippen LogP contribution in [0.25, 0.3) is 0 Å². The lowest BCUT2D eigenvalue weighted by atomic mass is 9.98. The zero-order valence-corrected chi connectivity index (χ0v) is 18.6. The molecule has 2 aromatic rings. The average Bonchev–Trinajstić information content (AvgIpc) is 2.83. The molecule has 1 atom stereocenters. The van der Waals surface area contributed by atoms with Crippen LogP contribution < -0.4 is 5.32 Å². The highest BCUT2D eigenvalue weighted by molar-refractivity contribution is 7.89. The number of hydrogen-bond acceptors (Lipinski definition) is 7. The normalized spacial score (nSPS) is 16.8. The Morgan fingerprint density at radius 1 is 1.00 bits per heavy atom. The summed E-state index contributed by atoms with van der Waals surface area (Å²) in [6, 6.07) is 12.1. The van der Waals surface area contributed by atoms with E-state index in [0.29, 0.717) is 19.4 Å². The van der Waals surface area contributed by atoms with E-state index in [2.05, 4.69) is 5.32 Å². The van der Waals surface area contributed by atoms with E-state index in [1.807, 2.05) is 0 Å². The van der Waals surface area contributed by atoms with Gasteiger partial charge in [-0.25, -0.2) is 18.0 Å². The smallest absolute Gasteiger partial charge is 0.339 e. The Bertz CT molecular complexity index is 1120. The first-order valence-corrected chi connectivity index (χ1v) is 11.4. The summed E-state index contributed by atoms with van der Waals surface area (Å²) in [5.41, 5.74) is 0.304. The molecule has 0 unspecified atom stereocenters. The summed E-state index contributed by atoms with van der Waals surface area (Å²) in [4.78, 5) is 37.1. The number of nitrogens with zero attached hydrogens (tertiary/aromatic N) is 1. The minimum atomic E-state index is -3.73. The number of benzene rings is 2. The lowest BCUT2D eigenvalue weighted by Crippen LogP contribution is -2.43. The molecule has 0 spiro atoms. The highest BCUT2D eigenvalue weighted by Crippen LogP contribution is 2.26. The number of esters is 2. The predicted molar refractivity (Wildman–Crippen MR) is 116 cm³/mol. The first-order chi connectivity index (χ1) is 15.3. The zero-order chi connectivity index (χ0) is 23.3. The van der Waals surface area contributed by atoms with Gasteiger partial charge in [-0.15, -0.1) is 0 Å². The SMILES string of the molecule is COC(=O)c1ccc(C(=O)OC)c(NC(=O)[C@@H]2CCCN(S(=O)(=O)c3ccccc3)C2)c1. The van der Waals surface area contributed by atoms with Gasteiger partial charge >= 0.3 is 11.9 Å². The van der Waals surface area contributed by atoms with Gasteiger partial charge in [0, 0.05) is 13.1 Å². The molecule has 0 bridgehead atoms. The Morgan fingerprint density at radius 2 is 1.69 bits per heavy atom. The maximum Gasteiger partial charge on any atom is 0.339 e. The Hall–Kier alpha value is -3.24. The topological polar surface area (TPSA) is 119 Å². The number of hydrogen-bond donors (Lipinski definition) is 1. The minimum Gasteiger partial charge on any atom is -0.465 e. The molecule has 1 aliphatic heterocycles. The van der Waals surface area contributed by atoms with E-state index < -0.39 is 33.8 Å². The number of carbonyl (C=O) groups is 3. The fraction of sp³-hybridized carbons (Fsp3) is 0.318. The van der Waals surface area contributed by atoms with Crippen molar-refractivity contribution < 1.29 is 32.3 Å². The maximum atomic E-state index is 13.0. The summed E-state index contributed by atoms with van der Waals surface area (Å²) in [7, 11) is -1.31. The molecule has 0 radical (unpaired) electrons. The van der Waals surface area contributed by atoms with Crippen LogP contribution >= 0.6 is 0 Å². The van der Waals surface area contributed by atoms with E-state index in [1.54, 1.807) is 18.2 Å². The molecule has 1 aliphatic rings. The van der Waals surface area contributed by atoms with Gasteiger partial charge in [0.1, 0.15) is 0 Å². The van der Waals surface area contributed by atoms with Crippen molar-refractivity contribution >= 4 is 33.6 Å². The van der Waals surface area contributed by atoms with Crippen molar-refractivity contribution in [2.45, 2.75) is 17.7 Å². The number of piperidine rings is 1. The minimum absolute atomic E-state index is 0.00725. The highest BCUT2D eigenvalue weighted by atomic mass is 32.2. The van der Waals surface area contributed by atoms with E-state index in [4.69, 9.17) is 9.47 Å². The number of nitrogens with one attached hydrogen (secondary N) is 1. The van der Waals surface area contributed by atoms with E-state index in [9.17, 15) is 22.8 Å². The first-order valence-electron chi connectivity index (χ1n) is 9.94. The monoisotopic (exact) mass is 460 g/mol. The molecule has 10 heteroatoms. The van der Waals surface area contributed by atoms with Crippen LogP contribution in [-0.2, 0) is 24.3 Å². The van der Waals surface area contributed by atoms with Crippen LogP contribution in [0.2, 0.25) is 0 Å². The van der Waals surface area contributed by atoms with Gasteiger partial charge in [0.15, 0.2) is 0 Å². The summed E-state index contributed by atoms with van der Waals surface area (Å²) in [5.74, 6) is -2.40. The Morgan fingerprint density at radius 3 is 2.34 bits per heavy atom. The van der Waals surface area contributed by atoms with Gasteiger partial charge in [-0.3, -0.25) is 4.79 Å². The summed E-state index contributed by atoms with van der Waals surface area (Å²) in [6.07, 6.45) is 0.993. The molecule has 1 heterocycles. The van der Waals surface area contributed by atoms with Crippen molar-refractivity contribution in [2.75, 3.05) is 32.6 Å². The van der Waals surface area contributed by atoms with Gasteiger partial charge < -0.3 is 14.8 Å². The third-order valence-electron chi connectivity index (χ3n) is 5.24. The van der Waals surface area contributed by atoms with Gasteiger partial charge in [-0.2, -0.15) is 4.31 Å². The average molecular weight is 461 g/mol. The molecule has 1 N–H and O–H groups in total. The van der Waals surface area contributed by atoms with Crippen molar-refractivity contribution in [3.63, 3.8) is 0 Å². The van der Waals surface area contributed by atoms with Crippen LogP contribution in [0.1, 0.15) is 33.6 Å². The number of methoxy groups -OCH3 is 2. The Labute approximate surface area is 186 Å². The second-order valence-corrected chi connectivity index (χ2v) is 9.19. The first kappa shape index (κ1) is 23.4. The summed E-state index contributed by atoms with van der Waals surface area (Å²) >= 11 is 0. The van der Waals surface area contributed by atoms with E-state index >= 15 is 0 Å². The van der Waals surface area contributed by atoms with Crippen molar-refractivity contribution in [1.82, 2.24) is 4.31 Å². The van der Waals surface area contributed by atoms with Crippen LogP contribution in [-0.4, -0.2) is 57.9 Å². The molecule has 1 amide bonds. The number of anilines is 1. The molecular weight excluding hydrogens is 436 g/mol. The lowest BCUT2D eigenvalue weighted by molar-refractivity contribution is -0.120. The summed E-state index contributed by atoms with van der Waals surface area (Å²) in [5, 5.41) is 2.66. The lowest BCUT2D eigenvalue weighted by Gasteiger charge is -2.31. The van der Waals surface area contributed by atoms with Gasteiger partial charge in [0.2, 0.25) is 15.9 Å². The molecule has 1 saturated heterocycles. The van der Waals surface area contributed by atoms with Crippen LogP contribution in [0.15, 0.2) is 53.4 Å². The van der Waals surface area contributed by atoms with Gasteiger partial charge in [0.05, 0.1) is 41.8 Å². The van der Waals surface area contributed by atoms with E-state index in [1.165, 1.54) is 48.9 Å². The van der Waals surface area contributed by atoms with Crippen LogP contribution in [0.3, 0.4) is 0 Å². The molecule has 1 fully saturated rings. The summed E-state index contributed by atoms with van der Waals surface area (Å²) in [6.45, 7) is 0.319. The van der Waals surface area contributed by atoms with Crippen molar-refractivity contribution in [2.24, 2.45) is 5.92 Å². The van der Waals surface area contributed by atoms with E-state index in [0.717, 1.165) is 0 Å².